The molecule has 5 heteroatoms. The molecule has 1 aromatic rings. The lowest BCUT2D eigenvalue weighted by Crippen LogP contribution is -2.56. The number of piperidine rings is 1. The van der Waals surface area contributed by atoms with E-state index in [1.165, 1.54) is 25.0 Å². The van der Waals surface area contributed by atoms with Gasteiger partial charge in [-0.2, -0.15) is 4.39 Å². The number of carbonyl (C=O) groups excluding carboxylic acids is 1. The summed E-state index contributed by atoms with van der Waals surface area (Å²) in [6.45, 7) is 3.53. The minimum atomic E-state index is -0.595. The van der Waals surface area contributed by atoms with Crippen LogP contribution < -0.4 is 0 Å². The predicted octanol–water partition coefficient (Wildman–Crippen LogP) is 1.53. The van der Waals surface area contributed by atoms with E-state index < -0.39 is 5.95 Å². The van der Waals surface area contributed by atoms with E-state index in [9.17, 15) is 9.18 Å². The molecule has 2 saturated heterocycles. The van der Waals surface area contributed by atoms with Crippen LogP contribution in [0.1, 0.15) is 29.8 Å². The largest absolute Gasteiger partial charge is 0.334 e. The molecule has 3 heterocycles. The van der Waals surface area contributed by atoms with Gasteiger partial charge in [-0.3, -0.25) is 9.69 Å². The van der Waals surface area contributed by atoms with Crippen molar-refractivity contribution >= 4 is 5.91 Å². The van der Waals surface area contributed by atoms with Gasteiger partial charge in [-0.15, -0.1) is 0 Å². The molecule has 4 nitrogen and oxygen atoms in total. The summed E-state index contributed by atoms with van der Waals surface area (Å²) in [5.41, 5.74) is 0.212. The van der Waals surface area contributed by atoms with Crippen LogP contribution in [0.5, 0.6) is 0 Å². The smallest absolute Gasteiger partial charge is 0.272 e. The average Bonchev–Trinajstić information content (AvgIpc) is 2.46. The fourth-order valence-electron chi connectivity index (χ4n) is 3.03. The highest BCUT2D eigenvalue weighted by atomic mass is 19.1. The average molecular weight is 263 g/mol. The number of nitrogens with zero attached hydrogens (tertiary/aromatic N) is 3. The van der Waals surface area contributed by atoms with Crippen molar-refractivity contribution < 1.29 is 9.18 Å². The number of carbonyl (C=O) groups is 1. The van der Waals surface area contributed by atoms with Crippen LogP contribution in [0.4, 0.5) is 4.39 Å². The van der Waals surface area contributed by atoms with Gasteiger partial charge in [-0.25, -0.2) is 4.98 Å². The zero-order valence-corrected chi connectivity index (χ0v) is 10.9. The molecule has 2 aliphatic rings. The summed E-state index contributed by atoms with van der Waals surface area (Å²) in [6, 6.07) is 4.85. The van der Waals surface area contributed by atoms with Crippen LogP contribution in [0, 0.1) is 5.95 Å². The van der Waals surface area contributed by atoms with Crippen molar-refractivity contribution in [3.8, 4) is 0 Å². The van der Waals surface area contributed by atoms with Gasteiger partial charge < -0.3 is 4.90 Å². The van der Waals surface area contributed by atoms with Crippen LogP contribution in [0.15, 0.2) is 18.2 Å². The lowest BCUT2D eigenvalue weighted by Gasteiger charge is -2.43. The van der Waals surface area contributed by atoms with Crippen LogP contribution in [0.3, 0.4) is 0 Å². The number of fused-ring (bicyclic) bond motifs is 1. The summed E-state index contributed by atoms with van der Waals surface area (Å²) in [6.07, 6.45) is 3.65. The van der Waals surface area contributed by atoms with Crippen molar-refractivity contribution in [1.29, 1.82) is 0 Å². The van der Waals surface area contributed by atoms with E-state index in [1.54, 1.807) is 6.07 Å². The highest BCUT2D eigenvalue weighted by molar-refractivity contribution is 5.92. The number of hydrogen-bond donors (Lipinski definition) is 0. The summed E-state index contributed by atoms with van der Waals surface area (Å²) in [5, 5.41) is 0. The first-order chi connectivity index (χ1) is 9.24. The van der Waals surface area contributed by atoms with Crippen LogP contribution >= 0.6 is 0 Å². The lowest BCUT2D eigenvalue weighted by atomic mass is 9.99. The van der Waals surface area contributed by atoms with Crippen LogP contribution in [-0.4, -0.2) is 52.9 Å². The highest BCUT2D eigenvalue weighted by Crippen LogP contribution is 2.21. The first-order valence-electron chi connectivity index (χ1n) is 6.90. The third-order valence-corrected chi connectivity index (χ3v) is 4.06. The van der Waals surface area contributed by atoms with Gasteiger partial charge in [0.05, 0.1) is 0 Å². The number of hydrogen-bond acceptors (Lipinski definition) is 3. The molecule has 102 valence electrons. The quantitative estimate of drug-likeness (QED) is 0.721. The molecule has 0 radical (unpaired) electrons. The molecule has 0 bridgehead atoms. The van der Waals surface area contributed by atoms with Crippen LogP contribution in [0.25, 0.3) is 0 Å². The second kappa shape index (κ2) is 5.25. The first-order valence-corrected chi connectivity index (χ1v) is 6.90. The summed E-state index contributed by atoms with van der Waals surface area (Å²) < 4.78 is 13.1. The topological polar surface area (TPSA) is 36.4 Å². The standard InChI is InChI=1S/C14H18FN3O/c15-13-6-3-5-12(16-13)14(19)18-9-8-17-7-2-1-4-11(17)10-18/h3,5-6,11H,1-2,4,7-10H2. The molecule has 0 N–H and O–H groups in total. The fourth-order valence-corrected chi connectivity index (χ4v) is 3.03. The van der Waals surface area contributed by atoms with Gasteiger partial charge in [-0.05, 0) is 31.5 Å². The molecule has 1 atom stereocenters. The van der Waals surface area contributed by atoms with Gasteiger partial charge in [0.25, 0.3) is 5.91 Å². The molecule has 1 unspecified atom stereocenters. The highest BCUT2D eigenvalue weighted by Gasteiger charge is 2.31. The Hall–Kier alpha value is -1.49. The van der Waals surface area contributed by atoms with Crippen molar-refractivity contribution in [3.63, 3.8) is 0 Å². The van der Waals surface area contributed by atoms with Crippen molar-refractivity contribution in [3.05, 3.63) is 29.8 Å². The Kier molecular flexibility index (Phi) is 3.46. The van der Waals surface area contributed by atoms with E-state index in [4.69, 9.17) is 0 Å². The zero-order valence-electron chi connectivity index (χ0n) is 10.9. The number of aromatic nitrogens is 1. The fraction of sp³-hybridized carbons (Fsp3) is 0.571. The van der Waals surface area contributed by atoms with Gasteiger partial charge in [0, 0.05) is 25.7 Å². The summed E-state index contributed by atoms with van der Waals surface area (Å²) in [4.78, 5) is 20.3. The summed E-state index contributed by atoms with van der Waals surface area (Å²) >= 11 is 0. The monoisotopic (exact) mass is 263 g/mol. The molecule has 19 heavy (non-hydrogen) atoms. The first kappa shape index (κ1) is 12.5. The van der Waals surface area contributed by atoms with E-state index in [0.717, 1.165) is 26.1 Å². The third-order valence-electron chi connectivity index (χ3n) is 4.06. The Morgan fingerprint density at radius 1 is 1.26 bits per heavy atom. The molecule has 0 aliphatic carbocycles. The molecular formula is C14H18FN3O. The van der Waals surface area contributed by atoms with E-state index >= 15 is 0 Å². The maximum absolute atomic E-state index is 13.1. The number of pyridine rings is 1. The van der Waals surface area contributed by atoms with E-state index in [1.807, 2.05) is 4.90 Å². The molecule has 2 aliphatic heterocycles. The van der Waals surface area contributed by atoms with Crippen molar-refractivity contribution in [2.24, 2.45) is 0 Å². The molecule has 0 saturated carbocycles. The number of piperazine rings is 1. The van der Waals surface area contributed by atoms with Crippen molar-refractivity contribution in [1.82, 2.24) is 14.8 Å². The third kappa shape index (κ3) is 2.61. The Bertz CT molecular complexity index is 480. The molecule has 3 rings (SSSR count). The molecule has 0 aromatic carbocycles. The van der Waals surface area contributed by atoms with Crippen LogP contribution in [0.2, 0.25) is 0 Å². The molecule has 0 spiro atoms. The molecule has 1 amide bonds. The lowest BCUT2D eigenvalue weighted by molar-refractivity contribution is 0.0367. The Morgan fingerprint density at radius 3 is 3.00 bits per heavy atom. The van der Waals surface area contributed by atoms with E-state index in [-0.39, 0.29) is 11.6 Å². The van der Waals surface area contributed by atoms with Gasteiger partial charge in [0.15, 0.2) is 0 Å². The second-order valence-corrected chi connectivity index (χ2v) is 5.28. The molecule has 2 fully saturated rings. The Morgan fingerprint density at radius 2 is 2.16 bits per heavy atom. The molecule has 1 aromatic heterocycles. The summed E-state index contributed by atoms with van der Waals surface area (Å²) in [5.74, 6) is -0.744. The van der Waals surface area contributed by atoms with Crippen LogP contribution in [-0.2, 0) is 0 Å². The minimum absolute atomic E-state index is 0.148. The van der Waals surface area contributed by atoms with Gasteiger partial charge in [0.1, 0.15) is 5.69 Å². The summed E-state index contributed by atoms with van der Waals surface area (Å²) in [7, 11) is 0. The van der Waals surface area contributed by atoms with E-state index in [0.29, 0.717) is 12.6 Å². The Balaban J connectivity index is 1.71. The number of halogens is 1. The second-order valence-electron chi connectivity index (χ2n) is 5.28. The maximum atomic E-state index is 13.1. The number of amides is 1. The minimum Gasteiger partial charge on any atom is -0.334 e. The zero-order chi connectivity index (χ0) is 13.2. The SMILES string of the molecule is O=C(c1cccc(F)n1)N1CCN2CCCCC2C1. The maximum Gasteiger partial charge on any atom is 0.272 e. The van der Waals surface area contributed by atoms with Gasteiger partial charge in [0.2, 0.25) is 5.95 Å². The van der Waals surface area contributed by atoms with Gasteiger partial charge in [-0.1, -0.05) is 12.5 Å². The number of rotatable bonds is 1. The molecular weight excluding hydrogens is 245 g/mol. The van der Waals surface area contributed by atoms with Crippen molar-refractivity contribution in [2.75, 3.05) is 26.2 Å². The normalized spacial score (nSPS) is 24.1. The Labute approximate surface area is 112 Å². The van der Waals surface area contributed by atoms with E-state index in [2.05, 4.69) is 9.88 Å². The van der Waals surface area contributed by atoms with Gasteiger partial charge >= 0.3 is 0 Å². The van der Waals surface area contributed by atoms with Crippen molar-refractivity contribution in [2.45, 2.75) is 25.3 Å². The predicted molar refractivity (Wildman–Crippen MR) is 69.3 cm³/mol.